The van der Waals surface area contributed by atoms with Gasteiger partial charge in [0.2, 0.25) is 0 Å². The largest absolute Gasteiger partial charge is 0.466 e. The van der Waals surface area contributed by atoms with E-state index in [1.165, 1.54) is 0 Å². The summed E-state index contributed by atoms with van der Waals surface area (Å²) in [4.78, 5) is 12.1. The maximum Gasteiger partial charge on any atom is 0.166 e. The van der Waals surface area contributed by atoms with Gasteiger partial charge >= 0.3 is 0 Å². The molecule has 0 aliphatic heterocycles. The smallest absolute Gasteiger partial charge is 0.166 e. The topological polar surface area (TPSA) is 30.2 Å². The van der Waals surface area contributed by atoms with Crippen LogP contribution in [0.3, 0.4) is 0 Å². The maximum atomic E-state index is 12.1. The summed E-state index contributed by atoms with van der Waals surface area (Å²) in [6.07, 6.45) is 1.67. The molecule has 0 aliphatic rings. The average Bonchev–Trinajstić information content (AvgIpc) is 2.41. The summed E-state index contributed by atoms with van der Waals surface area (Å²) >= 11 is 0. The van der Waals surface area contributed by atoms with Gasteiger partial charge in [0.05, 0.1) is 5.56 Å². The average molecular weight is 236 g/mol. The van der Waals surface area contributed by atoms with E-state index in [2.05, 4.69) is 27.7 Å². The minimum Gasteiger partial charge on any atom is -0.466 e. The van der Waals surface area contributed by atoms with Gasteiger partial charge in [0.25, 0.3) is 0 Å². The molecular weight excluding hydrogens is 212 g/mol. The van der Waals surface area contributed by atoms with Crippen LogP contribution in [0.2, 0.25) is 0 Å². The molecule has 0 N–H and O–H groups in total. The van der Waals surface area contributed by atoms with Gasteiger partial charge in [0.15, 0.2) is 5.78 Å². The standard InChI is InChI=1S/C15H24O2/c1-10(9-15(4,5)6)7-14(16)13-8-11(2)17-12(13)3/h8,10H,7,9H2,1-6H3. The Morgan fingerprint density at radius 3 is 2.35 bits per heavy atom. The number of aryl methyl sites for hydroxylation is 2. The first-order valence-corrected chi connectivity index (χ1v) is 6.29. The summed E-state index contributed by atoms with van der Waals surface area (Å²) in [5, 5.41) is 0. The molecule has 1 heterocycles. The van der Waals surface area contributed by atoms with Crippen molar-refractivity contribution in [3.8, 4) is 0 Å². The number of rotatable bonds is 4. The number of hydrogen-bond acceptors (Lipinski definition) is 2. The molecule has 1 unspecified atom stereocenters. The molecule has 0 amide bonds. The quantitative estimate of drug-likeness (QED) is 0.718. The summed E-state index contributed by atoms with van der Waals surface area (Å²) < 4.78 is 5.40. The van der Waals surface area contributed by atoms with Gasteiger partial charge < -0.3 is 4.42 Å². The van der Waals surface area contributed by atoms with E-state index in [-0.39, 0.29) is 11.2 Å². The lowest BCUT2D eigenvalue weighted by atomic mass is 9.83. The fourth-order valence-corrected chi connectivity index (χ4v) is 2.45. The van der Waals surface area contributed by atoms with Crippen LogP contribution in [0.25, 0.3) is 0 Å². The van der Waals surface area contributed by atoms with Gasteiger partial charge in [-0.1, -0.05) is 27.7 Å². The van der Waals surface area contributed by atoms with Crippen LogP contribution < -0.4 is 0 Å². The third-order valence-corrected chi connectivity index (χ3v) is 2.84. The van der Waals surface area contributed by atoms with E-state index >= 15 is 0 Å². The zero-order valence-electron chi connectivity index (χ0n) is 11.9. The highest BCUT2D eigenvalue weighted by atomic mass is 16.3. The molecule has 1 atom stereocenters. The Hall–Kier alpha value is -1.05. The number of Topliss-reactive ketones (excluding diaryl/α,β-unsaturated/α-hetero) is 1. The van der Waals surface area contributed by atoms with Crippen LogP contribution in [0.1, 0.15) is 62.4 Å². The second-order valence-electron chi connectivity index (χ2n) is 6.32. The minimum atomic E-state index is 0.205. The third kappa shape index (κ3) is 4.37. The Kier molecular flexibility index (Phi) is 4.18. The molecule has 96 valence electrons. The van der Waals surface area contributed by atoms with Gasteiger partial charge in [-0.3, -0.25) is 4.79 Å². The van der Waals surface area contributed by atoms with Gasteiger partial charge in [0.1, 0.15) is 11.5 Å². The van der Waals surface area contributed by atoms with Gasteiger partial charge in [0, 0.05) is 6.42 Å². The van der Waals surface area contributed by atoms with Crippen LogP contribution in [0, 0.1) is 25.2 Å². The fraction of sp³-hybridized carbons (Fsp3) is 0.667. The van der Waals surface area contributed by atoms with Crippen LogP contribution in [0.5, 0.6) is 0 Å². The molecule has 0 fully saturated rings. The predicted octanol–water partition coefficient (Wildman–Crippen LogP) is 4.54. The van der Waals surface area contributed by atoms with E-state index in [0.717, 1.165) is 23.5 Å². The van der Waals surface area contributed by atoms with Crippen molar-refractivity contribution in [2.45, 2.75) is 54.4 Å². The first-order chi connectivity index (χ1) is 7.69. The second kappa shape index (κ2) is 5.07. The van der Waals surface area contributed by atoms with Crippen molar-refractivity contribution in [1.82, 2.24) is 0 Å². The van der Waals surface area contributed by atoms with Crippen LogP contribution in [0.4, 0.5) is 0 Å². The normalized spacial score (nSPS) is 13.8. The van der Waals surface area contributed by atoms with Crippen molar-refractivity contribution >= 4 is 5.78 Å². The molecule has 0 aliphatic carbocycles. The van der Waals surface area contributed by atoms with Crippen LogP contribution in [-0.2, 0) is 0 Å². The summed E-state index contributed by atoms with van der Waals surface area (Å²) in [7, 11) is 0. The molecule has 17 heavy (non-hydrogen) atoms. The molecule has 2 heteroatoms. The van der Waals surface area contributed by atoms with Crippen molar-refractivity contribution in [3.63, 3.8) is 0 Å². The Balaban J connectivity index is 2.64. The third-order valence-electron chi connectivity index (χ3n) is 2.84. The van der Waals surface area contributed by atoms with Crippen molar-refractivity contribution in [2.75, 3.05) is 0 Å². The van der Waals surface area contributed by atoms with Gasteiger partial charge in [-0.15, -0.1) is 0 Å². The lowest BCUT2D eigenvalue weighted by Gasteiger charge is -2.22. The first-order valence-electron chi connectivity index (χ1n) is 6.29. The zero-order chi connectivity index (χ0) is 13.2. The molecule has 1 aromatic heterocycles. The lowest BCUT2D eigenvalue weighted by Crippen LogP contribution is -2.14. The number of ketones is 1. The number of hydrogen-bond donors (Lipinski definition) is 0. The highest BCUT2D eigenvalue weighted by molar-refractivity contribution is 5.97. The number of carbonyl (C=O) groups excluding carboxylic acids is 1. The molecule has 2 nitrogen and oxygen atoms in total. The van der Waals surface area contributed by atoms with E-state index in [1.54, 1.807) is 0 Å². The predicted molar refractivity (Wildman–Crippen MR) is 70.4 cm³/mol. The fourth-order valence-electron chi connectivity index (χ4n) is 2.45. The Morgan fingerprint density at radius 1 is 1.35 bits per heavy atom. The molecule has 1 aromatic rings. The van der Waals surface area contributed by atoms with Gasteiger partial charge in [-0.05, 0) is 37.7 Å². The monoisotopic (exact) mass is 236 g/mol. The molecule has 1 rings (SSSR count). The Bertz CT molecular complexity index is 394. The highest BCUT2D eigenvalue weighted by Gasteiger charge is 2.20. The summed E-state index contributed by atoms with van der Waals surface area (Å²) in [6.45, 7) is 12.5. The molecule has 0 saturated carbocycles. The zero-order valence-corrected chi connectivity index (χ0v) is 11.9. The van der Waals surface area contributed by atoms with Crippen LogP contribution in [0.15, 0.2) is 10.5 Å². The van der Waals surface area contributed by atoms with E-state index < -0.39 is 0 Å². The van der Waals surface area contributed by atoms with E-state index in [0.29, 0.717) is 12.3 Å². The minimum absolute atomic E-state index is 0.205. The SMILES string of the molecule is Cc1cc(C(=O)CC(C)CC(C)(C)C)c(C)o1. The molecule has 0 saturated heterocycles. The van der Waals surface area contributed by atoms with Crippen molar-refractivity contribution in [2.24, 2.45) is 11.3 Å². The van der Waals surface area contributed by atoms with Gasteiger partial charge in [-0.25, -0.2) is 0 Å². The Morgan fingerprint density at radius 2 is 1.94 bits per heavy atom. The molecule has 0 bridgehead atoms. The molecule has 0 spiro atoms. The molecule has 0 aromatic carbocycles. The second-order valence-corrected chi connectivity index (χ2v) is 6.32. The van der Waals surface area contributed by atoms with Gasteiger partial charge in [-0.2, -0.15) is 0 Å². The lowest BCUT2D eigenvalue weighted by molar-refractivity contribution is 0.0953. The van der Waals surface area contributed by atoms with E-state index in [4.69, 9.17) is 4.42 Å². The highest BCUT2D eigenvalue weighted by Crippen LogP contribution is 2.27. The van der Waals surface area contributed by atoms with Crippen LogP contribution in [-0.4, -0.2) is 5.78 Å². The van der Waals surface area contributed by atoms with Crippen LogP contribution >= 0.6 is 0 Å². The number of furan rings is 1. The molecule has 0 radical (unpaired) electrons. The maximum absolute atomic E-state index is 12.1. The Labute approximate surface area is 104 Å². The van der Waals surface area contributed by atoms with Crippen molar-refractivity contribution < 1.29 is 9.21 Å². The van der Waals surface area contributed by atoms with Crippen molar-refractivity contribution in [1.29, 1.82) is 0 Å². The van der Waals surface area contributed by atoms with Crippen molar-refractivity contribution in [3.05, 3.63) is 23.2 Å². The summed E-state index contributed by atoms with van der Waals surface area (Å²) in [5.41, 5.74) is 1.03. The molecular formula is C15H24O2. The summed E-state index contributed by atoms with van der Waals surface area (Å²) in [5.74, 6) is 2.18. The number of carbonyl (C=O) groups is 1. The van der Waals surface area contributed by atoms with E-state index in [9.17, 15) is 4.79 Å². The van der Waals surface area contributed by atoms with E-state index in [1.807, 2.05) is 19.9 Å². The first kappa shape index (κ1) is 14.0. The summed E-state index contributed by atoms with van der Waals surface area (Å²) in [6, 6.07) is 1.85.